The molecule has 0 atom stereocenters. The van der Waals surface area contributed by atoms with Crippen LogP contribution in [0.25, 0.3) is 10.6 Å². The number of carbonyl (C=O) groups excluding carboxylic acids is 3. The number of methoxy groups -OCH3 is 2. The maximum atomic E-state index is 12.9. The third-order valence-electron chi connectivity index (χ3n) is 3.55. The lowest BCUT2D eigenvalue weighted by atomic mass is 10.0. The van der Waals surface area contributed by atoms with Gasteiger partial charge in [-0.1, -0.05) is 12.1 Å². The smallest absolute Gasteiger partial charge is 0.341 e. The molecule has 3 aromatic rings. The molecule has 0 aliphatic rings. The van der Waals surface area contributed by atoms with Crippen LogP contribution < -0.4 is 0 Å². The number of nitrogens with zero attached hydrogens (tertiary/aromatic N) is 1. The van der Waals surface area contributed by atoms with Gasteiger partial charge >= 0.3 is 11.9 Å². The van der Waals surface area contributed by atoms with Crippen molar-refractivity contribution < 1.29 is 23.9 Å². The highest BCUT2D eigenvalue weighted by Crippen LogP contribution is 2.29. The highest BCUT2D eigenvalue weighted by Gasteiger charge is 2.29. The van der Waals surface area contributed by atoms with Gasteiger partial charge in [-0.05, 0) is 29.0 Å². The molecule has 0 fully saturated rings. The van der Waals surface area contributed by atoms with Crippen LogP contribution >= 0.6 is 22.7 Å². The molecule has 132 valence electrons. The van der Waals surface area contributed by atoms with Crippen LogP contribution in [0.15, 0.2) is 41.1 Å². The second-order valence-corrected chi connectivity index (χ2v) is 6.94. The van der Waals surface area contributed by atoms with Crippen LogP contribution in [0, 0.1) is 0 Å². The molecule has 6 nitrogen and oxygen atoms in total. The van der Waals surface area contributed by atoms with Gasteiger partial charge in [-0.2, -0.15) is 0 Å². The fraction of sp³-hybridized carbons (Fsp3) is 0.111. The van der Waals surface area contributed by atoms with Gasteiger partial charge < -0.3 is 9.47 Å². The minimum atomic E-state index is -0.824. The van der Waals surface area contributed by atoms with Crippen LogP contribution in [0.4, 0.5) is 0 Å². The summed E-state index contributed by atoms with van der Waals surface area (Å²) in [6, 6.07) is 8.43. The molecular weight excluding hydrogens is 374 g/mol. The molecule has 0 bridgehead atoms. The summed E-state index contributed by atoms with van der Waals surface area (Å²) in [5.74, 6) is -2.02. The molecule has 0 saturated heterocycles. The number of hydrogen-bond acceptors (Lipinski definition) is 8. The first-order valence-corrected chi connectivity index (χ1v) is 9.16. The van der Waals surface area contributed by atoms with E-state index in [2.05, 4.69) is 4.98 Å². The summed E-state index contributed by atoms with van der Waals surface area (Å²) in [5, 5.41) is 3.60. The Balaban J connectivity index is 2.31. The van der Waals surface area contributed by atoms with Gasteiger partial charge in [0.1, 0.15) is 11.3 Å². The molecule has 0 aliphatic heterocycles. The van der Waals surface area contributed by atoms with Crippen molar-refractivity contribution in [1.82, 2.24) is 4.98 Å². The summed E-state index contributed by atoms with van der Waals surface area (Å²) < 4.78 is 9.57. The molecule has 0 spiro atoms. The van der Waals surface area contributed by atoms with E-state index in [0.717, 1.165) is 4.88 Å². The molecule has 0 radical (unpaired) electrons. The largest absolute Gasteiger partial charge is 0.465 e. The van der Waals surface area contributed by atoms with Crippen LogP contribution in [0.1, 0.15) is 36.1 Å². The molecule has 8 heteroatoms. The Morgan fingerprint density at radius 1 is 0.962 bits per heavy atom. The number of carbonyl (C=O) groups is 3. The third kappa shape index (κ3) is 3.29. The van der Waals surface area contributed by atoms with E-state index in [4.69, 9.17) is 9.47 Å². The molecule has 0 saturated carbocycles. The van der Waals surface area contributed by atoms with Crippen molar-refractivity contribution in [3.05, 3.63) is 62.8 Å². The Hall–Kier alpha value is -2.84. The second-order valence-electron chi connectivity index (χ2n) is 5.05. The Kier molecular flexibility index (Phi) is 5.24. The number of ketones is 1. The standard InChI is InChI=1S/C18H13NO5S2/c1-23-17(21)10-9-11(12-5-3-7-25-12)19-15(14(10)18(22)24-2)16(20)13-6-4-8-26-13/h3-9H,1-2H3. The van der Waals surface area contributed by atoms with E-state index in [1.54, 1.807) is 17.5 Å². The van der Waals surface area contributed by atoms with Crippen molar-refractivity contribution in [3.63, 3.8) is 0 Å². The Bertz CT molecular complexity index is 962. The molecule has 3 heterocycles. The van der Waals surface area contributed by atoms with E-state index in [9.17, 15) is 14.4 Å². The van der Waals surface area contributed by atoms with E-state index in [1.807, 2.05) is 17.5 Å². The Morgan fingerprint density at radius 3 is 2.23 bits per heavy atom. The van der Waals surface area contributed by atoms with Crippen molar-refractivity contribution in [3.8, 4) is 10.6 Å². The highest BCUT2D eigenvalue weighted by molar-refractivity contribution is 7.13. The first-order chi connectivity index (χ1) is 12.6. The van der Waals surface area contributed by atoms with E-state index in [-0.39, 0.29) is 16.8 Å². The second kappa shape index (κ2) is 7.59. The summed E-state index contributed by atoms with van der Waals surface area (Å²) in [4.78, 5) is 43.1. The number of ether oxygens (including phenoxy) is 2. The molecule has 0 N–H and O–H groups in total. The topological polar surface area (TPSA) is 82.6 Å². The summed E-state index contributed by atoms with van der Waals surface area (Å²) in [6.45, 7) is 0. The molecular formula is C18H13NO5S2. The number of esters is 2. The number of pyridine rings is 1. The molecule has 0 aromatic carbocycles. The SMILES string of the molecule is COC(=O)c1cc(-c2cccs2)nc(C(=O)c2cccs2)c1C(=O)OC. The maximum absolute atomic E-state index is 12.9. The lowest BCUT2D eigenvalue weighted by Gasteiger charge is -2.12. The minimum Gasteiger partial charge on any atom is -0.465 e. The van der Waals surface area contributed by atoms with Gasteiger partial charge in [0.25, 0.3) is 0 Å². The van der Waals surface area contributed by atoms with Crippen molar-refractivity contribution in [2.75, 3.05) is 14.2 Å². The maximum Gasteiger partial charge on any atom is 0.341 e. The Morgan fingerprint density at radius 2 is 1.65 bits per heavy atom. The number of thiophene rings is 2. The van der Waals surface area contributed by atoms with Crippen LogP contribution in [0.2, 0.25) is 0 Å². The molecule has 26 heavy (non-hydrogen) atoms. The Labute approximate surface area is 157 Å². The predicted octanol–water partition coefficient (Wildman–Crippen LogP) is 3.68. The molecule has 3 aromatic heterocycles. The monoisotopic (exact) mass is 387 g/mol. The summed E-state index contributed by atoms with van der Waals surface area (Å²) in [6.07, 6.45) is 0. The number of rotatable bonds is 5. The van der Waals surface area contributed by atoms with Gasteiger partial charge in [-0.15, -0.1) is 22.7 Å². The zero-order chi connectivity index (χ0) is 18.7. The van der Waals surface area contributed by atoms with Gasteiger partial charge in [-0.3, -0.25) is 4.79 Å². The normalized spacial score (nSPS) is 10.4. The lowest BCUT2D eigenvalue weighted by Crippen LogP contribution is -2.19. The van der Waals surface area contributed by atoms with Gasteiger partial charge in [0.2, 0.25) is 5.78 Å². The molecule has 0 aliphatic carbocycles. The minimum absolute atomic E-state index is 0.0577. The first-order valence-electron chi connectivity index (χ1n) is 7.40. The van der Waals surface area contributed by atoms with Crippen molar-refractivity contribution in [2.24, 2.45) is 0 Å². The fourth-order valence-corrected chi connectivity index (χ4v) is 3.71. The molecule has 3 rings (SSSR count). The first kappa shape index (κ1) is 18.0. The zero-order valence-electron chi connectivity index (χ0n) is 13.8. The highest BCUT2D eigenvalue weighted by atomic mass is 32.1. The van der Waals surface area contributed by atoms with Gasteiger partial charge in [0.15, 0.2) is 0 Å². The van der Waals surface area contributed by atoms with E-state index < -0.39 is 17.7 Å². The summed E-state index contributed by atoms with van der Waals surface area (Å²) in [5.41, 5.74) is 0.0225. The van der Waals surface area contributed by atoms with Crippen molar-refractivity contribution >= 4 is 40.4 Å². The fourth-order valence-electron chi connectivity index (χ4n) is 2.36. The van der Waals surface area contributed by atoms with E-state index >= 15 is 0 Å². The van der Waals surface area contributed by atoms with Gasteiger partial charge in [-0.25, -0.2) is 14.6 Å². The van der Waals surface area contributed by atoms with E-state index in [1.165, 1.54) is 43.0 Å². The lowest BCUT2D eigenvalue weighted by molar-refractivity contribution is 0.0553. The summed E-state index contributed by atoms with van der Waals surface area (Å²) in [7, 11) is 2.38. The van der Waals surface area contributed by atoms with Crippen LogP contribution in [0.3, 0.4) is 0 Å². The van der Waals surface area contributed by atoms with Crippen LogP contribution in [0.5, 0.6) is 0 Å². The van der Waals surface area contributed by atoms with E-state index in [0.29, 0.717) is 10.6 Å². The van der Waals surface area contributed by atoms with Gasteiger partial charge in [0, 0.05) is 0 Å². The van der Waals surface area contributed by atoms with Gasteiger partial charge in [0.05, 0.1) is 35.2 Å². The number of aromatic nitrogens is 1. The number of hydrogen-bond donors (Lipinski definition) is 0. The third-order valence-corrected chi connectivity index (χ3v) is 5.31. The van der Waals surface area contributed by atoms with Crippen molar-refractivity contribution in [1.29, 1.82) is 0 Å². The average molecular weight is 387 g/mol. The average Bonchev–Trinajstić information content (AvgIpc) is 3.38. The predicted molar refractivity (Wildman–Crippen MR) is 98.0 cm³/mol. The molecule has 0 amide bonds. The summed E-state index contributed by atoms with van der Waals surface area (Å²) >= 11 is 2.62. The van der Waals surface area contributed by atoms with Crippen LogP contribution in [-0.2, 0) is 9.47 Å². The quantitative estimate of drug-likeness (QED) is 0.491. The molecule has 0 unspecified atom stereocenters. The van der Waals surface area contributed by atoms with Crippen molar-refractivity contribution in [2.45, 2.75) is 0 Å². The van der Waals surface area contributed by atoms with Crippen LogP contribution in [-0.4, -0.2) is 36.9 Å². The zero-order valence-corrected chi connectivity index (χ0v) is 15.5.